The predicted octanol–water partition coefficient (Wildman–Crippen LogP) is 4.24. The molecular formula is C24H21F4N3O3. The highest BCUT2D eigenvalue weighted by molar-refractivity contribution is 6.03. The molecule has 2 aliphatic carbocycles. The van der Waals surface area contributed by atoms with E-state index in [4.69, 9.17) is 10.5 Å². The summed E-state index contributed by atoms with van der Waals surface area (Å²) in [6.45, 7) is 0. The van der Waals surface area contributed by atoms with Gasteiger partial charge >= 0.3 is 0 Å². The van der Waals surface area contributed by atoms with Gasteiger partial charge in [-0.15, -0.1) is 0 Å². The van der Waals surface area contributed by atoms with Gasteiger partial charge in [-0.25, -0.2) is 13.2 Å². The second-order valence-corrected chi connectivity index (χ2v) is 8.96. The molecular weight excluding hydrogens is 454 g/mol. The van der Waals surface area contributed by atoms with Gasteiger partial charge < -0.3 is 15.5 Å². The molecule has 2 heterocycles. The van der Waals surface area contributed by atoms with E-state index >= 15 is 0 Å². The summed E-state index contributed by atoms with van der Waals surface area (Å²) < 4.78 is 63.2. The van der Waals surface area contributed by atoms with Crippen LogP contribution >= 0.6 is 0 Å². The molecule has 2 saturated carbocycles. The number of nitrogens with zero attached hydrogens (tertiary/aromatic N) is 1. The molecule has 0 aliphatic heterocycles. The van der Waals surface area contributed by atoms with Gasteiger partial charge in [-0.05, 0) is 36.8 Å². The molecule has 1 aromatic carbocycles. The van der Waals surface area contributed by atoms with E-state index in [1.165, 1.54) is 31.5 Å². The molecule has 0 radical (unpaired) electrons. The summed E-state index contributed by atoms with van der Waals surface area (Å²) in [4.78, 5) is 31.7. The Labute approximate surface area is 191 Å². The van der Waals surface area contributed by atoms with Crippen LogP contribution in [-0.2, 0) is 0 Å². The van der Waals surface area contributed by atoms with E-state index in [2.05, 4.69) is 9.97 Å². The fourth-order valence-electron chi connectivity index (χ4n) is 5.95. The molecule has 0 bridgehead atoms. The smallest absolute Gasteiger partial charge is 0.268 e. The second-order valence-electron chi connectivity index (χ2n) is 8.96. The lowest BCUT2D eigenvalue weighted by atomic mass is 9.80. The summed E-state index contributed by atoms with van der Waals surface area (Å²) in [5, 5.41) is 0.00391. The molecule has 4 atom stereocenters. The first-order valence-electron chi connectivity index (χ1n) is 10.9. The number of methoxy groups -OCH3 is 1. The topological polar surface area (TPSA) is 98.1 Å². The lowest BCUT2D eigenvalue weighted by molar-refractivity contribution is -0.0415. The molecule has 5 rings (SSSR count). The number of carbonyl (C=O) groups excluding carboxylic acids is 1. The number of rotatable bonds is 4. The number of hydrogen-bond acceptors (Lipinski definition) is 4. The maximum absolute atomic E-state index is 14.8. The van der Waals surface area contributed by atoms with E-state index in [-0.39, 0.29) is 47.2 Å². The van der Waals surface area contributed by atoms with Gasteiger partial charge in [0.25, 0.3) is 11.8 Å². The van der Waals surface area contributed by atoms with Gasteiger partial charge in [0.05, 0.1) is 18.0 Å². The van der Waals surface area contributed by atoms with E-state index in [0.717, 1.165) is 6.07 Å². The highest BCUT2D eigenvalue weighted by atomic mass is 19.3. The number of alkyl halides is 2. The van der Waals surface area contributed by atoms with Crippen molar-refractivity contribution >= 4 is 16.8 Å². The molecule has 6 nitrogen and oxygen atoms in total. The molecule has 2 aromatic heterocycles. The van der Waals surface area contributed by atoms with Crippen LogP contribution in [0.2, 0.25) is 0 Å². The molecule has 34 heavy (non-hydrogen) atoms. The van der Waals surface area contributed by atoms with E-state index in [1.54, 1.807) is 0 Å². The zero-order valence-corrected chi connectivity index (χ0v) is 18.1. The first kappa shape index (κ1) is 22.4. The largest absolute Gasteiger partial charge is 0.493 e. The SMILES string of the molecule is COc1c([C@@H]2[C@@H]3CCC(F)(F)[C@@H]3C[C@H]2c2cc(=O)c3c(C(N)=O)nccc3[nH]2)ccc(F)c1F. The fraction of sp³-hybridized carbons (Fsp3) is 0.375. The third-order valence-corrected chi connectivity index (χ3v) is 7.31. The average Bonchev–Trinajstić information content (AvgIpc) is 3.32. The number of aromatic amines is 1. The molecule has 3 N–H and O–H groups in total. The number of H-pyrrole nitrogens is 1. The number of primary amides is 1. The Morgan fingerprint density at radius 1 is 1.26 bits per heavy atom. The molecule has 2 fully saturated rings. The van der Waals surface area contributed by atoms with Crippen LogP contribution in [-0.4, -0.2) is 28.9 Å². The Hall–Kier alpha value is -3.43. The summed E-state index contributed by atoms with van der Waals surface area (Å²) in [6.07, 6.45) is 1.27. The van der Waals surface area contributed by atoms with Gasteiger partial charge in [-0.3, -0.25) is 14.6 Å². The van der Waals surface area contributed by atoms with Crippen molar-refractivity contribution in [3.05, 3.63) is 69.3 Å². The quantitative estimate of drug-likeness (QED) is 0.552. The number of halogens is 4. The minimum Gasteiger partial charge on any atom is -0.493 e. The van der Waals surface area contributed by atoms with Gasteiger partial charge in [-0.1, -0.05) is 6.07 Å². The molecule has 2 aliphatic rings. The minimum absolute atomic E-state index is 0.00391. The number of carbonyl (C=O) groups is 1. The van der Waals surface area contributed by atoms with E-state index in [9.17, 15) is 27.2 Å². The Morgan fingerprint density at radius 3 is 2.74 bits per heavy atom. The van der Waals surface area contributed by atoms with Crippen molar-refractivity contribution in [1.82, 2.24) is 9.97 Å². The maximum atomic E-state index is 14.8. The first-order valence-corrected chi connectivity index (χ1v) is 10.9. The Bertz CT molecular complexity index is 1370. The van der Waals surface area contributed by atoms with Gasteiger partial charge in [0.15, 0.2) is 17.0 Å². The summed E-state index contributed by atoms with van der Waals surface area (Å²) in [6, 6.07) is 5.06. The van der Waals surface area contributed by atoms with Crippen molar-refractivity contribution in [1.29, 1.82) is 0 Å². The molecule has 0 spiro atoms. The van der Waals surface area contributed by atoms with Crippen molar-refractivity contribution in [2.75, 3.05) is 7.11 Å². The van der Waals surface area contributed by atoms with Crippen molar-refractivity contribution < 1.29 is 27.1 Å². The van der Waals surface area contributed by atoms with Crippen LogP contribution in [0.4, 0.5) is 17.6 Å². The van der Waals surface area contributed by atoms with Crippen molar-refractivity contribution in [2.45, 2.75) is 37.0 Å². The molecule has 0 saturated heterocycles. The molecule has 178 valence electrons. The Morgan fingerprint density at radius 2 is 2.03 bits per heavy atom. The van der Waals surface area contributed by atoms with Crippen LogP contribution in [0.3, 0.4) is 0 Å². The van der Waals surface area contributed by atoms with E-state index in [0.29, 0.717) is 5.69 Å². The number of benzene rings is 1. The zero-order chi connectivity index (χ0) is 24.4. The summed E-state index contributed by atoms with van der Waals surface area (Å²) >= 11 is 0. The van der Waals surface area contributed by atoms with Crippen LogP contribution in [0.15, 0.2) is 35.3 Å². The van der Waals surface area contributed by atoms with Crippen molar-refractivity contribution in [3.63, 3.8) is 0 Å². The predicted molar refractivity (Wildman–Crippen MR) is 115 cm³/mol. The third-order valence-electron chi connectivity index (χ3n) is 7.31. The Balaban J connectivity index is 1.70. The lowest BCUT2D eigenvalue weighted by Gasteiger charge is -2.27. The second kappa shape index (κ2) is 7.82. The highest BCUT2D eigenvalue weighted by Crippen LogP contribution is 2.63. The normalized spacial score (nSPS) is 25.4. The average molecular weight is 475 g/mol. The van der Waals surface area contributed by atoms with Gasteiger partial charge in [0, 0.05) is 41.8 Å². The van der Waals surface area contributed by atoms with E-state index < -0.39 is 52.6 Å². The van der Waals surface area contributed by atoms with E-state index in [1.807, 2.05) is 0 Å². The number of nitrogens with one attached hydrogen (secondary N) is 1. The van der Waals surface area contributed by atoms with Gasteiger partial charge in [0.1, 0.15) is 5.69 Å². The maximum Gasteiger partial charge on any atom is 0.268 e. The number of aromatic nitrogens is 2. The highest BCUT2D eigenvalue weighted by Gasteiger charge is 2.59. The molecule has 3 aromatic rings. The van der Waals surface area contributed by atoms with Crippen molar-refractivity contribution in [2.24, 2.45) is 17.6 Å². The van der Waals surface area contributed by atoms with Gasteiger partial charge in [0.2, 0.25) is 5.82 Å². The van der Waals surface area contributed by atoms with Crippen LogP contribution in [0.25, 0.3) is 10.9 Å². The number of nitrogens with two attached hydrogens (primary N) is 1. The standard InChI is InChI=1S/C24H21F4N3O3/c1-34-22-11(2-3-14(25)20(22)26)18-10-4-6-24(27,28)13(10)8-12(18)16-9-17(32)19-15(31-16)5-7-30-21(19)23(29)33/h2-3,5,7,9-10,12-13,18H,4,6,8H2,1H3,(H2,29,33)(H,31,32)/t10-,12+,13-,18+/m1/s1. The summed E-state index contributed by atoms with van der Waals surface area (Å²) in [5.74, 6) is -9.17. The number of amides is 1. The third kappa shape index (κ3) is 3.26. The number of hydrogen-bond donors (Lipinski definition) is 2. The minimum atomic E-state index is -2.91. The number of fused-ring (bicyclic) bond motifs is 2. The monoisotopic (exact) mass is 475 g/mol. The van der Waals surface area contributed by atoms with Crippen LogP contribution in [0.1, 0.15) is 52.8 Å². The number of pyridine rings is 2. The van der Waals surface area contributed by atoms with Gasteiger partial charge in [-0.2, -0.15) is 4.39 Å². The summed E-state index contributed by atoms with van der Waals surface area (Å²) in [7, 11) is 1.20. The fourth-order valence-corrected chi connectivity index (χ4v) is 5.95. The number of ether oxygens (including phenoxy) is 1. The van der Waals surface area contributed by atoms with Crippen LogP contribution in [0, 0.1) is 23.5 Å². The van der Waals surface area contributed by atoms with Crippen LogP contribution < -0.4 is 15.9 Å². The Kier molecular flexibility index (Phi) is 5.14. The van der Waals surface area contributed by atoms with Crippen molar-refractivity contribution in [3.8, 4) is 5.75 Å². The zero-order valence-electron chi connectivity index (χ0n) is 18.1. The first-order chi connectivity index (χ1) is 16.1. The molecule has 10 heteroatoms. The van der Waals surface area contributed by atoms with Crippen LogP contribution in [0.5, 0.6) is 5.75 Å². The summed E-state index contributed by atoms with van der Waals surface area (Å²) in [5.41, 5.74) is 5.54. The molecule has 1 amide bonds. The lowest BCUT2D eigenvalue weighted by Crippen LogP contribution is -2.23. The molecule has 0 unspecified atom stereocenters.